The fourth-order valence-electron chi connectivity index (χ4n) is 4.40. The van der Waals surface area contributed by atoms with Crippen molar-refractivity contribution in [2.45, 2.75) is 19.3 Å². The third kappa shape index (κ3) is 2.41. The Morgan fingerprint density at radius 2 is 1.43 bits per heavy atom. The number of ether oxygens (including phenoxy) is 1. The van der Waals surface area contributed by atoms with Gasteiger partial charge in [0, 0.05) is 11.1 Å². The lowest BCUT2D eigenvalue weighted by molar-refractivity contribution is 0.415. The molecule has 28 heavy (non-hydrogen) atoms. The van der Waals surface area contributed by atoms with Crippen molar-refractivity contribution in [1.29, 1.82) is 0 Å². The van der Waals surface area contributed by atoms with E-state index < -0.39 is 0 Å². The zero-order chi connectivity index (χ0) is 19.3. The van der Waals surface area contributed by atoms with Crippen molar-refractivity contribution in [3.63, 3.8) is 0 Å². The maximum Gasteiger partial charge on any atom is 0.119 e. The second-order valence-electron chi connectivity index (χ2n) is 7.90. The second kappa shape index (κ2) is 6.13. The van der Waals surface area contributed by atoms with E-state index in [0.717, 1.165) is 5.75 Å². The van der Waals surface area contributed by atoms with Gasteiger partial charge in [-0.15, -0.1) is 0 Å². The van der Waals surface area contributed by atoms with Gasteiger partial charge in [0.1, 0.15) is 5.75 Å². The Morgan fingerprint density at radius 1 is 0.679 bits per heavy atom. The summed E-state index contributed by atoms with van der Waals surface area (Å²) in [5.74, 6) is 0.890. The lowest BCUT2D eigenvalue weighted by Crippen LogP contribution is -2.30. The monoisotopic (exact) mass is 365 g/mol. The number of hydrogen-bond donors (Lipinski definition) is 0. The van der Waals surface area contributed by atoms with Crippen molar-refractivity contribution in [3.8, 4) is 5.75 Å². The van der Waals surface area contributed by atoms with Gasteiger partial charge in [0.2, 0.25) is 0 Å². The highest BCUT2D eigenvalue weighted by atomic mass is 16.5. The molecule has 1 aliphatic rings. The van der Waals surface area contributed by atoms with Crippen LogP contribution in [-0.2, 0) is 5.41 Å². The Morgan fingerprint density at radius 3 is 2.21 bits per heavy atom. The van der Waals surface area contributed by atoms with Crippen LogP contribution in [0.25, 0.3) is 10.8 Å². The lowest BCUT2D eigenvalue weighted by atomic mass is 9.73. The first-order chi connectivity index (χ1) is 13.6. The van der Waals surface area contributed by atoms with Gasteiger partial charge in [-0.05, 0) is 64.4 Å². The molecule has 0 radical (unpaired) electrons. The first kappa shape index (κ1) is 16.9. The molecule has 0 saturated heterocycles. The first-order valence-corrected chi connectivity index (χ1v) is 9.66. The number of anilines is 3. The Labute approximate surface area is 166 Å². The van der Waals surface area contributed by atoms with Crippen molar-refractivity contribution in [2.24, 2.45) is 0 Å². The van der Waals surface area contributed by atoms with Crippen LogP contribution in [-0.4, -0.2) is 7.11 Å². The molecular formula is C26H23NO. The molecule has 1 aliphatic heterocycles. The van der Waals surface area contributed by atoms with E-state index in [4.69, 9.17) is 4.74 Å². The summed E-state index contributed by atoms with van der Waals surface area (Å²) >= 11 is 0. The van der Waals surface area contributed by atoms with Gasteiger partial charge in [-0.1, -0.05) is 56.3 Å². The third-order valence-corrected chi connectivity index (χ3v) is 5.91. The van der Waals surface area contributed by atoms with E-state index in [9.17, 15) is 0 Å². The van der Waals surface area contributed by atoms with E-state index in [-0.39, 0.29) is 5.41 Å². The summed E-state index contributed by atoms with van der Waals surface area (Å²) in [6.45, 7) is 4.64. The maximum absolute atomic E-state index is 5.45. The van der Waals surface area contributed by atoms with Gasteiger partial charge in [-0.2, -0.15) is 0 Å². The number of methoxy groups -OCH3 is 1. The number of hydrogen-bond acceptors (Lipinski definition) is 2. The van der Waals surface area contributed by atoms with Crippen molar-refractivity contribution in [2.75, 3.05) is 12.0 Å². The fourth-order valence-corrected chi connectivity index (χ4v) is 4.40. The lowest BCUT2D eigenvalue weighted by Gasteiger charge is -2.42. The highest BCUT2D eigenvalue weighted by Crippen LogP contribution is 2.52. The van der Waals surface area contributed by atoms with Crippen molar-refractivity contribution in [3.05, 3.63) is 96.1 Å². The molecule has 0 bridgehead atoms. The van der Waals surface area contributed by atoms with Crippen LogP contribution in [0.4, 0.5) is 17.1 Å². The molecule has 0 atom stereocenters. The molecule has 0 aromatic heterocycles. The van der Waals surface area contributed by atoms with Crippen LogP contribution in [0.5, 0.6) is 5.75 Å². The molecule has 0 fully saturated rings. The van der Waals surface area contributed by atoms with Crippen LogP contribution >= 0.6 is 0 Å². The van der Waals surface area contributed by atoms with Gasteiger partial charge < -0.3 is 9.64 Å². The summed E-state index contributed by atoms with van der Waals surface area (Å²) in [5.41, 5.74) is 6.25. The molecule has 0 N–H and O–H groups in total. The molecule has 0 amide bonds. The molecule has 0 unspecified atom stereocenters. The first-order valence-electron chi connectivity index (χ1n) is 9.66. The van der Waals surface area contributed by atoms with Crippen molar-refractivity contribution >= 4 is 27.8 Å². The highest BCUT2D eigenvalue weighted by molar-refractivity contribution is 5.95. The maximum atomic E-state index is 5.45. The molecule has 4 aromatic carbocycles. The van der Waals surface area contributed by atoms with Gasteiger partial charge in [0.25, 0.3) is 0 Å². The minimum atomic E-state index is -0.0888. The van der Waals surface area contributed by atoms with E-state index in [1.54, 1.807) is 7.11 Å². The zero-order valence-electron chi connectivity index (χ0n) is 16.4. The van der Waals surface area contributed by atoms with Crippen LogP contribution in [0.15, 0.2) is 84.9 Å². The average molecular weight is 365 g/mol. The average Bonchev–Trinajstić information content (AvgIpc) is 2.73. The molecule has 0 spiro atoms. The van der Waals surface area contributed by atoms with Gasteiger partial charge in [-0.25, -0.2) is 0 Å². The van der Waals surface area contributed by atoms with E-state index in [2.05, 4.69) is 97.6 Å². The minimum absolute atomic E-state index is 0.0888. The highest BCUT2D eigenvalue weighted by Gasteiger charge is 2.36. The molecule has 2 heteroatoms. The summed E-state index contributed by atoms with van der Waals surface area (Å²) < 4.78 is 5.45. The standard InChI is InChI=1S/C26H23NO/c1-26(2)22-11-7-8-12-24(22)27(20-9-5-4-6-10-20)25-17-18-13-14-21(28-3)15-19(18)16-23(25)26/h4-17H,1-3H3. The molecule has 4 aromatic rings. The summed E-state index contributed by atoms with van der Waals surface area (Å²) in [6.07, 6.45) is 0. The number of fused-ring (bicyclic) bond motifs is 3. The molecule has 1 heterocycles. The largest absolute Gasteiger partial charge is 0.497 e. The third-order valence-electron chi connectivity index (χ3n) is 5.91. The van der Waals surface area contributed by atoms with Crippen LogP contribution in [0.2, 0.25) is 0 Å². The van der Waals surface area contributed by atoms with Crippen molar-refractivity contribution in [1.82, 2.24) is 0 Å². The minimum Gasteiger partial charge on any atom is -0.497 e. The molecule has 138 valence electrons. The molecular weight excluding hydrogens is 342 g/mol. The van der Waals surface area contributed by atoms with E-state index in [0.29, 0.717) is 0 Å². The number of rotatable bonds is 2. The summed E-state index contributed by atoms with van der Waals surface area (Å²) in [7, 11) is 1.72. The number of nitrogens with zero attached hydrogens (tertiary/aromatic N) is 1. The Bertz CT molecular complexity index is 1180. The predicted molar refractivity (Wildman–Crippen MR) is 117 cm³/mol. The molecule has 0 saturated carbocycles. The fraction of sp³-hybridized carbons (Fsp3) is 0.154. The summed E-state index contributed by atoms with van der Waals surface area (Å²) in [6, 6.07) is 30.3. The van der Waals surface area contributed by atoms with Crippen LogP contribution in [0.1, 0.15) is 25.0 Å². The zero-order valence-corrected chi connectivity index (χ0v) is 16.4. The van der Waals surface area contributed by atoms with Crippen LogP contribution in [0, 0.1) is 0 Å². The van der Waals surface area contributed by atoms with E-state index in [1.807, 2.05) is 6.07 Å². The quantitative estimate of drug-likeness (QED) is 0.381. The van der Waals surface area contributed by atoms with E-state index in [1.165, 1.54) is 39.0 Å². The Balaban J connectivity index is 1.85. The number of para-hydroxylation sites is 2. The van der Waals surface area contributed by atoms with Gasteiger partial charge in [0.15, 0.2) is 0 Å². The SMILES string of the molecule is COc1ccc2cc3c(cc2c1)C(C)(C)c1ccccc1N3c1ccccc1. The Hall–Kier alpha value is -3.26. The van der Waals surface area contributed by atoms with Crippen LogP contribution in [0.3, 0.4) is 0 Å². The van der Waals surface area contributed by atoms with Crippen LogP contribution < -0.4 is 9.64 Å². The normalized spacial score (nSPS) is 14.5. The summed E-state index contributed by atoms with van der Waals surface area (Å²) in [4.78, 5) is 2.39. The molecule has 0 aliphatic carbocycles. The van der Waals surface area contributed by atoms with Gasteiger partial charge >= 0.3 is 0 Å². The smallest absolute Gasteiger partial charge is 0.119 e. The van der Waals surface area contributed by atoms with Gasteiger partial charge in [-0.3, -0.25) is 0 Å². The molecule has 2 nitrogen and oxygen atoms in total. The second-order valence-corrected chi connectivity index (χ2v) is 7.90. The topological polar surface area (TPSA) is 12.5 Å². The summed E-state index contributed by atoms with van der Waals surface area (Å²) in [5, 5.41) is 2.43. The predicted octanol–water partition coefficient (Wildman–Crippen LogP) is 6.96. The Kier molecular flexibility index (Phi) is 3.70. The number of benzene rings is 4. The van der Waals surface area contributed by atoms with Gasteiger partial charge in [0.05, 0.1) is 18.5 Å². The van der Waals surface area contributed by atoms with E-state index >= 15 is 0 Å². The van der Waals surface area contributed by atoms with Crippen molar-refractivity contribution < 1.29 is 4.74 Å². The molecule has 5 rings (SSSR count).